The van der Waals surface area contributed by atoms with E-state index in [9.17, 15) is 19.5 Å². The van der Waals surface area contributed by atoms with Gasteiger partial charge in [-0.15, -0.1) is 0 Å². The number of para-hydroxylation sites is 1. The minimum Gasteiger partial charge on any atom is -0.480 e. The molecule has 2 atom stereocenters. The Morgan fingerprint density at radius 2 is 1.97 bits per heavy atom. The topological polar surface area (TPSA) is 111 Å². The number of fused-ring (bicyclic) bond motifs is 1. The Balaban J connectivity index is 1.35. The molecule has 2 unspecified atom stereocenters. The number of hydrogen-bond donors (Lipinski definition) is 4. The lowest BCUT2D eigenvalue weighted by molar-refractivity contribution is -0.141. The maximum Gasteiger partial charge on any atom is 0.326 e. The molecule has 176 valence electrons. The fraction of sp³-hybridized carbons (Fsp3) is 0.423. The molecule has 33 heavy (non-hydrogen) atoms. The van der Waals surface area contributed by atoms with Crippen LogP contribution in [-0.4, -0.2) is 40.5 Å². The number of carbonyl (C=O) groups excluding carboxylic acids is 2. The summed E-state index contributed by atoms with van der Waals surface area (Å²) >= 11 is 0. The van der Waals surface area contributed by atoms with Crippen LogP contribution in [0, 0.1) is 5.92 Å². The third-order valence-corrected chi connectivity index (χ3v) is 6.12. The van der Waals surface area contributed by atoms with Crippen molar-refractivity contribution in [3.8, 4) is 0 Å². The van der Waals surface area contributed by atoms with Gasteiger partial charge in [0, 0.05) is 29.9 Å². The second-order valence-corrected chi connectivity index (χ2v) is 8.67. The van der Waals surface area contributed by atoms with E-state index in [4.69, 9.17) is 0 Å². The zero-order valence-corrected chi connectivity index (χ0v) is 19.1. The van der Waals surface area contributed by atoms with Gasteiger partial charge >= 0.3 is 5.97 Å². The van der Waals surface area contributed by atoms with Gasteiger partial charge in [-0.25, -0.2) is 4.79 Å². The van der Waals surface area contributed by atoms with E-state index in [0.717, 1.165) is 48.6 Å². The number of carboxylic acids is 1. The number of unbranched alkanes of at least 4 members (excludes halogenated alkanes) is 2. The highest BCUT2D eigenvalue weighted by molar-refractivity contribution is 5.89. The van der Waals surface area contributed by atoms with Crippen LogP contribution in [0.4, 0.5) is 0 Å². The number of aliphatic carboxylic acids is 1. The van der Waals surface area contributed by atoms with Crippen LogP contribution in [0.25, 0.3) is 10.9 Å². The van der Waals surface area contributed by atoms with Crippen molar-refractivity contribution in [3.63, 3.8) is 0 Å². The SMILES string of the molecule is CC1CC=CC=C1CCCCCC(=O)NCC(=O)NC(Cc1c[nH]c2ccccc12)C(=O)O. The van der Waals surface area contributed by atoms with Crippen molar-refractivity contribution in [3.05, 3.63) is 59.8 Å². The highest BCUT2D eigenvalue weighted by Crippen LogP contribution is 2.24. The zero-order chi connectivity index (χ0) is 23.6. The number of carboxylic acid groups (broad SMARTS) is 1. The summed E-state index contributed by atoms with van der Waals surface area (Å²) in [4.78, 5) is 39.0. The van der Waals surface area contributed by atoms with Crippen molar-refractivity contribution in [2.75, 3.05) is 6.54 Å². The summed E-state index contributed by atoms with van der Waals surface area (Å²) < 4.78 is 0. The second kappa shape index (κ2) is 12.0. The summed E-state index contributed by atoms with van der Waals surface area (Å²) in [5, 5.41) is 15.6. The Kier molecular flexibility index (Phi) is 8.87. The van der Waals surface area contributed by atoms with Crippen LogP contribution in [0.15, 0.2) is 54.3 Å². The third kappa shape index (κ3) is 7.34. The average Bonchev–Trinajstić information content (AvgIpc) is 3.21. The molecule has 0 saturated heterocycles. The lowest BCUT2D eigenvalue weighted by Crippen LogP contribution is -2.46. The molecule has 0 spiro atoms. The number of benzene rings is 1. The van der Waals surface area contributed by atoms with Crippen LogP contribution >= 0.6 is 0 Å². The standard InChI is InChI=1S/C26H33N3O4/c1-18-9-5-6-11-19(18)10-3-2-4-14-24(30)28-17-25(31)29-23(26(32)33)15-20-16-27-22-13-8-7-12-21(20)22/h5-8,11-13,16,18,23,27H,2-4,9-10,14-15,17H2,1H3,(H,28,30)(H,29,31)(H,32,33). The first-order valence-electron chi connectivity index (χ1n) is 11.6. The summed E-state index contributed by atoms with van der Waals surface area (Å²) in [6, 6.07) is 6.53. The molecule has 2 amide bonds. The third-order valence-electron chi connectivity index (χ3n) is 6.12. The molecule has 0 radical (unpaired) electrons. The van der Waals surface area contributed by atoms with E-state index in [2.05, 4.69) is 40.8 Å². The lowest BCUT2D eigenvalue weighted by atomic mass is 9.89. The lowest BCUT2D eigenvalue weighted by Gasteiger charge is -2.17. The van der Waals surface area contributed by atoms with Gasteiger partial charge in [0.05, 0.1) is 6.54 Å². The van der Waals surface area contributed by atoms with Crippen LogP contribution in [0.3, 0.4) is 0 Å². The number of aromatic amines is 1. The monoisotopic (exact) mass is 451 g/mol. The molecule has 7 heteroatoms. The molecule has 1 aromatic carbocycles. The van der Waals surface area contributed by atoms with Crippen LogP contribution in [0.2, 0.25) is 0 Å². The van der Waals surface area contributed by atoms with Gasteiger partial charge in [0.25, 0.3) is 0 Å². The van der Waals surface area contributed by atoms with Crippen molar-refractivity contribution >= 4 is 28.7 Å². The molecule has 0 fully saturated rings. The first-order valence-corrected chi connectivity index (χ1v) is 11.6. The van der Waals surface area contributed by atoms with Crippen LogP contribution in [0.1, 0.15) is 51.0 Å². The molecule has 7 nitrogen and oxygen atoms in total. The molecule has 0 aliphatic heterocycles. The predicted octanol–water partition coefficient (Wildman–Crippen LogP) is 3.87. The van der Waals surface area contributed by atoms with Gasteiger partial charge in [-0.05, 0) is 43.2 Å². The zero-order valence-electron chi connectivity index (χ0n) is 19.1. The fourth-order valence-corrected chi connectivity index (χ4v) is 4.14. The molecule has 2 aromatic rings. The predicted molar refractivity (Wildman–Crippen MR) is 129 cm³/mol. The van der Waals surface area contributed by atoms with Gasteiger partial charge in [-0.3, -0.25) is 9.59 Å². The van der Waals surface area contributed by atoms with E-state index in [1.807, 2.05) is 24.3 Å². The van der Waals surface area contributed by atoms with Crippen LogP contribution in [0.5, 0.6) is 0 Å². The first-order chi connectivity index (χ1) is 15.9. The molecular formula is C26H33N3O4. The highest BCUT2D eigenvalue weighted by Gasteiger charge is 2.22. The Morgan fingerprint density at radius 3 is 2.76 bits per heavy atom. The summed E-state index contributed by atoms with van der Waals surface area (Å²) in [6.45, 7) is 2.01. The summed E-state index contributed by atoms with van der Waals surface area (Å²) in [6.07, 6.45) is 13.7. The van der Waals surface area contributed by atoms with Crippen LogP contribution in [-0.2, 0) is 20.8 Å². The van der Waals surface area contributed by atoms with Gasteiger partial charge < -0.3 is 20.7 Å². The molecule has 1 aromatic heterocycles. The molecule has 1 aliphatic rings. The van der Waals surface area contributed by atoms with Crippen molar-refractivity contribution in [1.29, 1.82) is 0 Å². The number of rotatable bonds is 12. The maximum absolute atomic E-state index is 12.2. The van der Waals surface area contributed by atoms with E-state index in [0.29, 0.717) is 12.3 Å². The Morgan fingerprint density at radius 1 is 1.15 bits per heavy atom. The minimum atomic E-state index is -1.11. The quantitative estimate of drug-likeness (QED) is 0.367. The van der Waals surface area contributed by atoms with Gasteiger partial charge in [-0.2, -0.15) is 0 Å². The molecule has 1 heterocycles. The van der Waals surface area contributed by atoms with E-state index >= 15 is 0 Å². The molecule has 4 N–H and O–H groups in total. The number of nitrogens with one attached hydrogen (secondary N) is 3. The number of allylic oxidation sites excluding steroid dienone is 4. The van der Waals surface area contributed by atoms with Gasteiger partial charge in [-0.1, -0.05) is 55.3 Å². The molecule has 3 rings (SSSR count). The Hall–Kier alpha value is -3.35. The summed E-state index contributed by atoms with van der Waals surface area (Å²) in [5.74, 6) is -1.22. The van der Waals surface area contributed by atoms with E-state index < -0.39 is 17.9 Å². The molecule has 0 saturated carbocycles. The molecule has 1 aliphatic carbocycles. The van der Waals surface area contributed by atoms with Crippen molar-refractivity contribution in [2.45, 2.75) is 57.9 Å². The second-order valence-electron chi connectivity index (χ2n) is 8.67. The Bertz CT molecular complexity index is 1040. The average molecular weight is 452 g/mol. The number of hydrogen-bond acceptors (Lipinski definition) is 3. The van der Waals surface area contributed by atoms with Crippen molar-refractivity contribution in [1.82, 2.24) is 15.6 Å². The first kappa shape index (κ1) is 24.3. The molecule has 0 bridgehead atoms. The largest absolute Gasteiger partial charge is 0.480 e. The van der Waals surface area contributed by atoms with Gasteiger partial charge in [0.2, 0.25) is 11.8 Å². The number of H-pyrrole nitrogens is 1. The van der Waals surface area contributed by atoms with Crippen LogP contribution < -0.4 is 10.6 Å². The van der Waals surface area contributed by atoms with E-state index in [-0.39, 0.29) is 18.9 Å². The summed E-state index contributed by atoms with van der Waals surface area (Å²) in [5.41, 5.74) is 3.20. The van der Waals surface area contributed by atoms with Crippen molar-refractivity contribution in [2.24, 2.45) is 5.92 Å². The van der Waals surface area contributed by atoms with Gasteiger partial charge in [0.1, 0.15) is 6.04 Å². The van der Waals surface area contributed by atoms with Crippen molar-refractivity contribution < 1.29 is 19.5 Å². The highest BCUT2D eigenvalue weighted by atomic mass is 16.4. The summed E-state index contributed by atoms with van der Waals surface area (Å²) in [7, 11) is 0. The van der Waals surface area contributed by atoms with E-state index in [1.165, 1.54) is 5.57 Å². The van der Waals surface area contributed by atoms with E-state index in [1.54, 1.807) is 6.20 Å². The van der Waals surface area contributed by atoms with Gasteiger partial charge in [0.15, 0.2) is 0 Å². The Labute approximate surface area is 194 Å². The number of aromatic nitrogens is 1. The smallest absolute Gasteiger partial charge is 0.326 e. The minimum absolute atomic E-state index is 0.157. The fourth-order valence-electron chi connectivity index (χ4n) is 4.14. The number of amides is 2. The molecular weight excluding hydrogens is 418 g/mol. The maximum atomic E-state index is 12.2. The normalized spacial score (nSPS) is 16.3. The number of carbonyl (C=O) groups is 3.